The Labute approximate surface area is 148 Å². The maximum atomic E-state index is 4.65. The molecule has 24 heavy (non-hydrogen) atoms. The monoisotopic (exact) mass is 348 g/mol. The molecule has 2 N–H and O–H groups in total. The summed E-state index contributed by atoms with van der Waals surface area (Å²) in [6, 6.07) is 1.95. The van der Waals surface area contributed by atoms with Crippen molar-refractivity contribution in [1.82, 2.24) is 25.4 Å². The molecule has 0 bridgehead atoms. The van der Waals surface area contributed by atoms with E-state index in [1.54, 1.807) is 11.3 Å². The van der Waals surface area contributed by atoms with Gasteiger partial charge < -0.3 is 10.6 Å². The van der Waals surface area contributed by atoms with Crippen LogP contribution in [0.25, 0.3) is 0 Å². The Bertz CT molecular complexity index is 617. The molecule has 0 aliphatic carbocycles. The molecule has 0 saturated heterocycles. The molecule has 2 aromatic heterocycles. The second-order valence-electron chi connectivity index (χ2n) is 6.23. The third-order valence-corrected chi connectivity index (χ3v) is 4.41. The first-order chi connectivity index (χ1) is 11.6. The lowest BCUT2D eigenvalue weighted by molar-refractivity contribution is 0.443. The minimum atomic E-state index is 0.459. The van der Waals surface area contributed by atoms with Crippen LogP contribution in [0.5, 0.6) is 0 Å². The Morgan fingerprint density at radius 1 is 1.33 bits per heavy atom. The second-order valence-corrected chi connectivity index (χ2v) is 7.17. The highest BCUT2D eigenvalue weighted by atomic mass is 32.1. The Kier molecular flexibility index (Phi) is 7.24. The van der Waals surface area contributed by atoms with Crippen LogP contribution in [-0.2, 0) is 13.1 Å². The van der Waals surface area contributed by atoms with Gasteiger partial charge in [0.25, 0.3) is 0 Å². The van der Waals surface area contributed by atoms with Crippen molar-refractivity contribution in [2.24, 2.45) is 10.9 Å². The molecule has 6 nitrogen and oxygen atoms in total. The number of nitrogens with zero attached hydrogens (tertiary/aromatic N) is 4. The highest BCUT2D eigenvalue weighted by Gasteiger charge is 2.07. The number of guanidine groups is 1. The molecule has 1 atom stereocenters. The lowest BCUT2D eigenvalue weighted by Gasteiger charge is -2.15. The molecule has 0 radical (unpaired) electrons. The zero-order chi connectivity index (χ0) is 17.4. The molecule has 0 spiro atoms. The second kappa shape index (κ2) is 9.42. The highest BCUT2D eigenvalue weighted by molar-refractivity contribution is 7.09. The van der Waals surface area contributed by atoms with Crippen LogP contribution in [0.4, 0.5) is 0 Å². The predicted octanol–water partition coefficient (Wildman–Crippen LogP) is 2.85. The van der Waals surface area contributed by atoms with E-state index in [2.05, 4.69) is 58.8 Å². The molecule has 132 valence electrons. The molecule has 0 fully saturated rings. The number of rotatable bonds is 8. The minimum Gasteiger partial charge on any atom is -0.357 e. The Morgan fingerprint density at radius 3 is 2.79 bits per heavy atom. The van der Waals surface area contributed by atoms with E-state index in [1.807, 2.05) is 23.1 Å². The lowest BCUT2D eigenvalue weighted by atomic mass is 10.2. The van der Waals surface area contributed by atoms with Gasteiger partial charge in [-0.1, -0.05) is 20.8 Å². The van der Waals surface area contributed by atoms with Crippen molar-refractivity contribution in [2.45, 2.75) is 46.7 Å². The first-order valence-electron chi connectivity index (χ1n) is 8.52. The summed E-state index contributed by atoms with van der Waals surface area (Å²) in [5, 5.41) is 14.1. The quantitative estimate of drug-likeness (QED) is 0.569. The number of thiazole rings is 1. The number of aliphatic imine (C=N–C) groups is 1. The molecule has 0 aliphatic heterocycles. The molecule has 2 aromatic rings. The smallest absolute Gasteiger partial charge is 0.191 e. The summed E-state index contributed by atoms with van der Waals surface area (Å²) in [5.41, 5.74) is 1.15. The highest BCUT2D eigenvalue weighted by Crippen LogP contribution is 2.18. The van der Waals surface area contributed by atoms with Gasteiger partial charge in [-0.15, -0.1) is 11.3 Å². The van der Waals surface area contributed by atoms with Gasteiger partial charge in [-0.05, 0) is 24.8 Å². The standard InChI is InChI=1S/C17H28N6S/c1-5-18-17(19-9-14(4)11-23-8-6-7-21-23)20-10-16-22-15(12-24-16)13(2)3/h6-8,12-14H,5,9-11H2,1-4H3,(H2,18,19,20). The van der Waals surface area contributed by atoms with Gasteiger partial charge in [-0.3, -0.25) is 4.68 Å². The number of nitrogens with one attached hydrogen (secondary N) is 2. The van der Waals surface area contributed by atoms with E-state index in [1.165, 1.54) is 0 Å². The predicted molar refractivity (Wildman–Crippen MR) is 100 cm³/mol. The van der Waals surface area contributed by atoms with Crippen molar-refractivity contribution < 1.29 is 0 Å². The van der Waals surface area contributed by atoms with Crippen LogP contribution >= 0.6 is 11.3 Å². The minimum absolute atomic E-state index is 0.459. The van der Waals surface area contributed by atoms with E-state index in [9.17, 15) is 0 Å². The fourth-order valence-electron chi connectivity index (χ4n) is 2.21. The van der Waals surface area contributed by atoms with Crippen LogP contribution in [0.2, 0.25) is 0 Å². The van der Waals surface area contributed by atoms with Crippen LogP contribution in [0.1, 0.15) is 44.3 Å². The van der Waals surface area contributed by atoms with E-state index in [4.69, 9.17) is 0 Å². The topological polar surface area (TPSA) is 67.1 Å². The molecule has 0 amide bonds. The van der Waals surface area contributed by atoms with E-state index < -0.39 is 0 Å². The number of hydrogen-bond acceptors (Lipinski definition) is 4. The Balaban J connectivity index is 1.85. The van der Waals surface area contributed by atoms with E-state index in [-0.39, 0.29) is 0 Å². The lowest BCUT2D eigenvalue weighted by Crippen LogP contribution is -2.40. The van der Waals surface area contributed by atoms with Crippen molar-refractivity contribution in [3.63, 3.8) is 0 Å². The summed E-state index contributed by atoms with van der Waals surface area (Å²) >= 11 is 1.68. The summed E-state index contributed by atoms with van der Waals surface area (Å²) in [4.78, 5) is 9.28. The van der Waals surface area contributed by atoms with Crippen molar-refractivity contribution in [1.29, 1.82) is 0 Å². The summed E-state index contributed by atoms with van der Waals surface area (Å²) in [5.74, 6) is 1.76. The van der Waals surface area contributed by atoms with Gasteiger partial charge in [0, 0.05) is 37.4 Å². The zero-order valence-corrected chi connectivity index (χ0v) is 15.8. The summed E-state index contributed by atoms with van der Waals surface area (Å²) in [7, 11) is 0. The molecular weight excluding hydrogens is 320 g/mol. The van der Waals surface area contributed by atoms with Crippen LogP contribution in [0.3, 0.4) is 0 Å². The van der Waals surface area contributed by atoms with E-state index in [0.717, 1.165) is 36.3 Å². The van der Waals surface area contributed by atoms with Crippen molar-refractivity contribution in [3.05, 3.63) is 34.5 Å². The van der Waals surface area contributed by atoms with Crippen molar-refractivity contribution in [2.75, 3.05) is 13.1 Å². The molecule has 2 rings (SSSR count). The van der Waals surface area contributed by atoms with Crippen LogP contribution in [0, 0.1) is 5.92 Å². The van der Waals surface area contributed by atoms with Gasteiger partial charge in [0.2, 0.25) is 0 Å². The fourth-order valence-corrected chi connectivity index (χ4v) is 3.09. The molecule has 1 unspecified atom stereocenters. The third-order valence-electron chi connectivity index (χ3n) is 3.55. The third kappa shape index (κ3) is 5.96. The van der Waals surface area contributed by atoms with E-state index >= 15 is 0 Å². The van der Waals surface area contributed by atoms with Crippen LogP contribution < -0.4 is 10.6 Å². The average molecular weight is 349 g/mol. The number of hydrogen-bond donors (Lipinski definition) is 2. The van der Waals surface area contributed by atoms with Crippen molar-refractivity contribution >= 4 is 17.3 Å². The average Bonchev–Trinajstić information content (AvgIpc) is 3.21. The summed E-state index contributed by atoms with van der Waals surface area (Å²) < 4.78 is 1.96. The Hall–Kier alpha value is -1.89. The maximum absolute atomic E-state index is 4.65. The molecule has 0 saturated carbocycles. The molecule has 7 heteroatoms. The van der Waals surface area contributed by atoms with Crippen molar-refractivity contribution in [3.8, 4) is 0 Å². The Morgan fingerprint density at radius 2 is 2.17 bits per heavy atom. The molecule has 0 aromatic carbocycles. The normalized spacial score (nSPS) is 13.3. The van der Waals surface area contributed by atoms with Gasteiger partial charge in [0.15, 0.2) is 5.96 Å². The van der Waals surface area contributed by atoms with E-state index in [0.29, 0.717) is 18.4 Å². The van der Waals surface area contributed by atoms with Gasteiger partial charge >= 0.3 is 0 Å². The molecular formula is C17H28N6S. The summed E-state index contributed by atoms with van der Waals surface area (Å²) in [6.07, 6.45) is 3.80. The maximum Gasteiger partial charge on any atom is 0.191 e. The number of aromatic nitrogens is 3. The first-order valence-corrected chi connectivity index (χ1v) is 9.40. The fraction of sp³-hybridized carbons (Fsp3) is 0.588. The van der Waals surface area contributed by atoms with Gasteiger partial charge in [-0.2, -0.15) is 5.10 Å². The largest absolute Gasteiger partial charge is 0.357 e. The van der Waals surface area contributed by atoms with Gasteiger partial charge in [0.1, 0.15) is 5.01 Å². The van der Waals surface area contributed by atoms with Crippen LogP contribution in [-0.4, -0.2) is 33.8 Å². The van der Waals surface area contributed by atoms with Gasteiger partial charge in [0.05, 0.1) is 12.2 Å². The van der Waals surface area contributed by atoms with Crippen LogP contribution in [0.15, 0.2) is 28.8 Å². The zero-order valence-electron chi connectivity index (χ0n) is 15.0. The SMILES string of the molecule is CCNC(=NCc1nc(C(C)C)cs1)NCC(C)Cn1cccn1. The summed E-state index contributed by atoms with van der Waals surface area (Å²) in [6.45, 7) is 11.8. The molecule has 0 aliphatic rings. The molecule has 2 heterocycles. The van der Waals surface area contributed by atoms with Gasteiger partial charge in [-0.25, -0.2) is 9.98 Å². The first kappa shape index (κ1) is 18.4.